The summed E-state index contributed by atoms with van der Waals surface area (Å²) >= 11 is 0. The Morgan fingerprint density at radius 1 is 0.846 bits per heavy atom. The maximum Gasteiger partial charge on any atom is 0.320 e. The van der Waals surface area contributed by atoms with Crippen molar-refractivity contribution in [2.45, 2.75) is 24.9 Å². The molecule has 2 aromatic carbocycles. The fraction of sp³-hybridized carbons (Fsp3) is 0.211. The molecule has 2 atom stereocenters. The van der Waals surface area contributed by atoms with Crippen LogP contribution in [-0.4, -0.2) is 40.5 Å². The minimum atomic E-state index is -1.04. The Labute approximate surface area is 151 Å². The van der Waals surface area contributed by atoms with Crippen molar-refractivity contribution < 1.29 is 24.6 Å². The fourth-order valence-corrected chi connectivity index (χ4v) is 2.09. The molecule has 0 radical (unpaired) electrons. The number of benzene rings is 2. The van der Waals surface area contributed by atoms with Crippen LogP contribution in [0.3, 0.4) is 0 Å². The molecule has 26 heavy (non-hydrogen) atoms. The zero-order valence-corrected chi connectivity index (χ0v) is 14.1. The SMILES string of the molecule is N[C@H](Cc1cccc(C=O)c1)C(=O)O.N[C@H](Cc1ccccc1)C(=O)O. The molecule has 0 unspecified atom stereocenters. The molecule has 0 aromatic heterocycles. The molecule has 0 saturated carbocycles. The van der Waals surface area contributed by atoms with E-state index in [2.05, 4.69) is 0 Å². The van der Waals surface area contributed by atoms with E-state index < -0.39 is 24.0 Å². The van der Waals surface area contributed by atoms with Crippen molar-refractivity contribution >= 4 is 18.2 Å². The van der Waals surface area contributed by atoms with E-state index in [0.717, 1.165) is 17.4 Å². The molecule has 0 spiro atoms. The Morgan fingerprint density at radius 2 is 1.35 bits per heavy atom. The second kappa shape index (κ2) is 10.8. The summed E-state index contributed by atoms with van der Waals surface area (Å²) in [5, 5.41) is 17.1. The normalized spacial score (nSPS) is 12.2. The van der Waals surface area contributed by atoms with Crippen LogP contribution >= 0.6 is 0 Å². The van der Waals surface area contributed by atoms with Gasteiger partial charge in [-0.25, -0.2) is 0 Å². The van der Waals surface area contributed by atoms with Gasteiger partial charge in [0.25, 0.3) is 0 Å². The summed E-state index contributed by atoms with van der Waals surface area (Å²) in [5.74, 6) is -2.00. The van der Waals surface area contributed by atoms with Gasteiger partial charge < -0.3 is 21.7 Å². The third kappa shape index (κ3) is 7.69. The number of carboxylic acids is 2. The molecule has 0 aliphatic rings. The van der Waals surface area contributed by atoms with E-state index in [1.807, 2.05) is 30.3 Å². The van der Waals surface area contributed by atoms with Gasteiger partial charge in [-0.2, -0.15) is 0 Å². The van der Waals surface area contributed by atoms with Gasteiger partial charge in [-0.05, 0) is 30.0 Å². The molecule has 2 rings (SSSR count). The van der Waals surface area contributed by atoms with Crippen molar-refractivity contribution in [3.63, 3.8) is 0 Å². The first-order valence-electron chi connectivity index (χ1n) is 7.88. The Balaban J connectivity index is 0.000000263. The average Bonchev–Trinajstić information content (AvgIpc) is 2.63. The van der Waals surface area contributed by atoms with Gasteiger partial charge in [-0.15, -0.1) is 0 Å². The highest BCUT2D eigenvalue weighted by Gasteiger charge is 2.12. The van der Waals surface area contributed by atoms with E-state index in [1.54, 1.807) is 24.3 Å². The van der Waals surface area contributed by atoms with Crippen LogP contribution < -0.4 is 11.5 Å². The largest absolute Gasteiger partial charge is 0.480 e. The van der Waals surface area contributed by atoms with Crippen LogP contribution in [0.1, 0.15) is 21.5 Å². The van der Waals surface area contributed by atoms with Gasteiger partial charge >= 0.3 is 11.9 Å². The maximum absolute atomic E-state index is 10.5. The number of carbonyl (C=O) groups excluding carboxylic acids is 1. The lowest BCUT2D eigenvalue weighted by Gasteiger charge is -2.06. The molecule has 6 N–H and O–H groups in total. The number of aldehydes is 1. The fourth-order valence-electron chi connectivity index (χ4n) is 2.09. The second-order valence-corrected chi connectivity index (χ2v) is 5.65. The molecule has 0 aliphatic carbocycles. The molecule has 0 fully saturated rings. The molecule has 7 heteroatoms. The average molecular weight is 358 g/mol. The maximum atomic E-state index is 10.5. The lowest BCUT2D eigenvalue weighted by molar-refractivity contribution is -0.139. The van der Waals surface area contributed by atoms with E-state index in [-0.39, 0.29) is 6.42 Å². The van der Waals surface area contributed by atoms with Crippen LogP contribution in [0.4, 0.5) is 0 Å². The molecule has 0 amide bonds. The summed E-state index contributed by atoms with van der Waals surface area (Å²) in [6, 6.07) is 14.4. The molecule has 138 valence electrons. The third-order valence-corrected chi connectivity index (χ3v) is 3.48. The van der Waals surface area contributed by atoms with Crippen molar-refractivity contribution in [1.82, 2.24) is 0 Å². The number of carboxylic acid groups (broad SMARTS) is 2. The molecule has 0 aliphatic heterocycles. The molecule has 2 aromatic rings. The van der Waals surface area contributed by atoms with Gasteiger partial charge in [-0.1, -0.05) is 48.5 Å². The van der Waals surface area contributed by atoms with Crippen LogP contribution in [0.2, 0.25) is 0 Å². The quantitative estimate of drug-likeness (QED) is 0.542. The van der Waals surface area contributed by atoms with Crippen molar-refractivity contribution in [2.24, 2.45) is 11.5 Å². The zero-order valence-electron chi connectivity index (χ0n) is 14.1. The van der Waals surface area contributed by atoms with Gasteiger partial charge in [-0.3, -0.25) is 14.4 Å². The Bertz CT molecular complexity index is 734. The van der Waals surface area contributed by atoms with Crippen molar-refractivity contribution in [1.29, 1.82) is 0 Å². The minimum absolute atomic E-state index is 0.233. The number of rotatable bonds is 7. The van der Waals surface area contributed by atoms with Crippen molar-refractivity contribution in [2.75, 3.05) is 0 Å². The van der Waals surface area contributed by atoms with Crippen molar-refractivity contribution in [3.8, 4) is 0 Å². The van der Waals surface area contributed by atoms with Gasteiger partial charge in [0.05, 0.1) is 0 Å². The monoisotopic (exact) mass is 358 g/mol. The first-order valence-corrected chi connectivity index (χ1v) is 7.88. The number of nitrogens with two attached hydrogens (primary N) is 2. The number of hydrogen-bond acceptors (Lipinski definition) is 5. The van der Waals surface area contributed by atoms with Crippen molar-refractivity contribution in [3.05, 3.63) is 71.3 Å². The predicted octanol–water partition coefficient (Wildman–Crippen LogP) is 1.09. The number of aliphatic carboxylic acids is 2. The van der Waals surface area contributed by atoms with Gasteiger partial charge in [0.15, 0.2) is 0 Å². The molecular formula is C19H22N2O5. The van der Waals surface area contributed by atoms with Gasteiger partial charge in [0, 0.05) is 5.56 Å². The standard InChI is InChI=1S/C10H11NO3.C9H11NO2/c11-9(10(13)14)5-7-2-1-3-8(4-7)6-12;10-8(9(11)12)6-7-4-2-1-3-5-7/h1-4,6,9H,5,11H2,(H,13,14);1-5,8H,6,10H2,(H,11,12)/t9-;8-/m11/s1. The van der Waals surface area contributed by atoms with Gasteiger partial charge in [0.2, 0.25) is 0 Å². The summed E-state index contributed by atoms with van der Waals surface area (Å²) < 4.78 is 0. The highest BCUT2D eigenvalue weighted by molar-refractivity contribution is 5.76. The summed E-state index contributed by atoms with van der Waals surface area (Å²) in [4.78, 5) is 31.3. The third-order valence-electron chi connectivity index (χ3n) is 3.48. The topological polar surface area (TPSA) is 144 Å². The van der Waals surface area contributed by atoms with E-state index in [1.165, 1.54) is 0 Å². The highest BCUT2D eigenvalue weighted by Crippen LogP contribution is 2.05. The van der Waals surface area contributed by atoms with E-state index in [0.29, 0.717) is 12.0 Å². The summed E-state index contributed by atoms with van der Waals surface area (Å²) in [5.41, 5.74) is 12.9. The zero-order chi connectivity index (χ0) is 19.5. The van der Waals surface area contributed by atoms with Crippen LogP contribution in [0, 0.1) is 0 Å². The molecular weight excluding hydrogens is 336 g/mol. The van der Waals surface area contributed by atoms with Crippen LogP contribution in [-0.2, 0) is 22.4 Å². The predicted molar refractivity (Wildman–Crippen MR) is 96.9 cm³/mol. The first-order chi connectivity index (χ1) is 12.3. The van der Waals surface area contributed by atoms with Crippen LogP contribution in [0.15, 0.2) is 54.6 Å². The minimum Gasteiger partial charge on any atom is -0.480 e. The lowest BCUT2D eigenvalue weighted by atomic mass is 10.0. The Kier molecular flexibility index (Phi) is 8.69. The van der Waals surface area contributed by atoms with E-state index in [4.69, 9.17) is 21.7 Å². The first kappa shape index (κ1) is 21.0. The summed E-state index contributed by atoms with van der Waals surface area (Å²) in [7, 11) is 0. The Morgan fingerprint density at radius 3 is 1.85 bits per heavy atom. The molecule has 7 nitrogen and oxygen atoms in total. The summed E-state index contributed by atoms with van der Waals surface area (Å²) in [6.45, 7) is 0. The lowest BCUT2D eigenvalue weighted by Crippen LogP contribution is -2.32. The molecule has 0 saturated heterocycles. The molecule has 0 heterocycles. The van der Waals surface area contributed by atoms with E-state index >= 15 is 0 Å². The summed E-state index contributed by atoms with van der Waals surface area (Å²) in [6.07, 6.45) is 1.34. The molecule has 0 bridgehead atoms. The second-order valence-electron chi connectivity index (χ2n) is 5.65. The highest BCUT2D eigenvalue weighted by atomic mass is 16.4. The van der Waals surface area contributed by atoms with Crippen LogP contribution in [0.25, 0.3) is 0 Å². The van der Waals surface area contributed by atoms with Crippen LogP contribution in [0.5, 0.6) is 0 Å². The Hall–Kier alpha value is -3.03. The smallest absolute Gasteiger partial charge is 0.320 e. The number of hydrogen-bond donors (Lipinski definition) is 4. The number of carbonyl (C=O) groups is 3. The van der Waals surface area contributed by atoms with E-state index in [9.17, 15) is 14.4 Å². The van der Waals surface area contributed by atoms with Gasteiger partial charge in [0.1, 0.15) is 18.4 Å².